The molecule has 1 aromatic heterocycles. The molecule has 1 aromatic carbocycles. The molecule has 1 aliphatic rings. The lowest BCUT2D eigenvalue weighted by molar-refractivity contribution is -0.128. The summed E-state index contributed by atoms with van der Waals surface area (Å²) in [7, 11) is 3.23. The van der Waals surface area contributed by atoms with E-state index in [0.29, 0.717) is 42.2 Å². The van der Waals surface area contributed by atoms with Crippen molar-refractivity contribution in [2.75, 3.05) is 45.8 Å². The van der Waals surface area contributed by atoms with Crippen LogP contribution in [0.4, 0.5) is 5.69 Å². The number of methoxy groups -OCH3 is 2. The van der Waals surface area contributed by atoms with Gasteiger partial charge in [-0.05, 0) is 17.0 Å². The summed E-state index contributed by atoms with van der Waals surface area (Å²) in [5.41, 5.74) is 2.13. The van der Waals surface area contributed by atoms with Crippen LogP contribution in [0.25, 0.3) is 0 Å². The second kappa shape index (κ2) is 9.11. The Bertz CT molecular complexity index is 866. The van der Waals surface area contributed by atoms with Gasteiger partial charge < -0.3 is 14.8 Å². The average molecular weight is 418 g/mol. The van der Waals surface area contributed by atoms with Crippen molar-refractivity contribution in [1.29, 1.82) is 0 Å². The quantitative estimate of drug-likeness (QED) is 0.663. The molecule has 0 atom stereocenters. The lowest BCUT2D eigenvalue weighted by atomic mass is 9.69. The second-order valence-electron chi connectivity index (χ2n) is 7.69. The number of ether oxygens (including phenoxy) is 2. The maximum absolute atomic E-state index is 13.6. The van der Waals surface area contributed by atoms with Gasteiger partial charge in [0.15, 0.2) is 0 Å². The molecule has 0 spiro atoms. The number of anilines is 1. The third-order valence-electron chi connectivity index (χ3n) is 5.43. The topological polar surface area (TPSA) is 63.7 Å². The number of rotatable bonds is 8. The molecular weight excluding hydrogens is 390 g/mol. The van der Waals surface area contributed by atoms with Crippen molar-refractivity contribution in [2.45, 2.75) is 25.2 Å². The van der Waals surface area contributed by atoms with Gasteiger partial charge in [-0.1, -0.05) is 49.7 Å². The zero-order valence-corrected chi connectivity index (χ0v) is 18.1. The Morgan fingerprint density at radius 1 is 1.31 bits per heavy atom. The molecule has 2 heterocycles. The standard InChI is InChI=1S/C22H28ClN3O3/c1-15(2)16-7-5-6-8-17(16)22(13-26(14-22)9-10-28-3)21(27)25-18-12-24-20(23)11-19(18)29-4/h5-8,11-12,15H,9-10,13-14H2,1-4H3,(H,25,27). The van der Waals surface area contributed by atoms with Crippen LogP contribution in [-0.2, 0) is 14.9 Å². The largest absolute Gasteiger partial charge is 0.494 e. The molecule has 156 valence electrons. The molecule has 0 radical (unpaired) electrons. The van der Waals surface area contributed by atoms with Gasteiger partial charge >= 0.3 is 0 Å². The zero-order valence-electron chi connectivity index (χ0n) is 17.4. The monoisotopic (exact) mass is 417 g/mol. The van der Waals surface area contributed by atoms with Crippen molar-refractivity contribution in [1.82, 2.24) is 9.88 Å². The minimum atomic E-state index is -0.640. The van der Waals surface area contributed by atoms with Crippen LogP contribution >= 0.6 is 11.6 Å². The lowest BCUT2D eigenvalue weighted by Gasteiger charge is -2.50. The highest BCUT2D eigenvalue weighted by atomic mass is 35.5. The number of aromatic nitrogens is 1. The van der Waals surface area contributed by atoms with Crippen LogP contribution in [0.1, 0.15) is 30.9 Å². The number of amides is 1. The van der Waals surface area contributed by atoms with Gasteiger partial charge in [0.25, 0.3) is 0 Å². The summed E-state index contributed by atoms with van der Waals surface area (Å²) in [6.07, 6.45) is 1.53. The SMILES string of the molecule is COCCN1CC(C(=O)Nc2cnc(Cl)cc2OC)(c2ccccc2C(C)C)C1. The number of hydrogen-bond acceptors (Lipinski definition) is 5. The van der Waals surface area contributed by atoms with Gasteiger partial charge in [0.1, 0.15) is 16.6 Å². The van der Waals surface area contributed by atoms with E-state index in [1.165, 1.54) is 11.8 Å². The number of likely N-dealkylation sites (tertiary alicyclic amines) is 1. The molecule has 7 heteroatoms. The van der Waals surface area contributed by atoms with Gasteiger partial charge in [-0.25, -0.2) is 4.98 Å². The van der Waals surface area contributed by atoms with Crippen molar-refractivity contribution in [3.8, 4) is 5.75 Å². The van der Waals surface area contributed by atoms with Crippen molar-refractivity contribution >= 4 is 23.2 Å². The van der Waals surface area contributed by atoms with E-state index in [1.807, 2.05) is 12.1 Å². The maximum Gasteiger partial charge on any atom is 0.237 e. The summed E-state index contributed by atoms with van der Waals surface area (Å²) in [6.45, 7) is 7.00. The molecule has 3 rings (SSSR count). The zero-order chi connectivity index (χ0) is 21.0. The predicted octanol–water partition coefficient (Wildman–Crippen LogP) is 3.71. The molecule has 1 N–H and O–H groups in total. The van der Waals surface area contributed by atoms with Gasteiger partial charge in [0.2, 0.25) is 5.91 Å². The van der Waals surface area contributed by atoms with Crippen molar-refractivity contribution in [3.05, 3.63) is 52.8 Å². The van der Waals surface area contributed by atoms with Crippen molar-refractivity contribution in [3.63, 3.8) is 0 Å². The summed E-state index contributed by atoms with van der Waals surface area (Å²) in [5.74, 6) is 0.735. The molecule has 0 unspecified atom stereocenters. The van der Waals surface area contributed by atoms with E-state index in [-0.39, 0.29) is 5.91 Å². The number of nitrogens with one attached hydrogen (secondary N) is 1. The molecule has 0 bridgehead atoms. The normalized spacial score (nSPS) is 15.8. The number of nitrogens with zero attached hydrogens (tertiary/aromatic N) is 2. The summed E-state index contributed by atoms with van der Waals surface area (Å²) < 4.78 is 10.6. The van der Waals surface area contributed by atoms with Crippen molar-refractivity contribution in [2.24, 2.45) is 0 Å². The third-order valence-corrected chi connectivity index (χ3v) is 5.64. The van der Waals surface area contributed by atoms with E-state index in [1.54, 1.807) is 20.3 Å². The molecule has 1 saturated heterocycles. The van der Waals surface area contributed by atoms with E-state index in [9.17, 15) is 4.79 Å². The fourth-order valence-corrected chi connectivity index (χ4v) is 4.03. The minimum Gasteiger partial charge on any atom is -0.494 e. The molecule has 29 heavy (non-hydrogen) atoms. The molecule has 2 aromatic rings. The van der Waals surface area contributed by atoms with E-state index < -0.39 is 5.41 Å². The summed E-state index contributed by atoms with van der Waals surface area (Å²) in [5, 5.41) is 3.34. The Hall–Kier alpha value is -2.15. The van der Waals surface area contributed by atoms with Crippen molar-refractivity contribution < 1.29 is 14.3 Å². The molecule has 1 amide bonds. The van der Waals surface area contributed by atoms with Gasteiger partial charge in [-0.15, -0.1) is 0 Å². The highest BCUT2D eigenvalue weighted by molar-refractivity contribution is 6.29. The highest BCUT2D eigenvalue weighted by Gasteiger charge is 2.51. The maximum atomic E-state index is 13.6. The Labute approximate surface area is 177 Å². The first-order valence-electron chi connectivity index (χ1n) is 9.73. The van der Waals surface area contributed by atoms with Gasteiger partial charge in [-0.2, -0.15) is 0 Å². The fraction of sp³-hybridized carbons (Fsp3) is 0.455. The Morgan fingerprint density at radius 2 is 2.03 bits per heavy atom. The van der Waals surface area contributed by atoms with Crippen LogP contribution in [0.2, 0.25) is 5.15 Å². The van der Waals surface area contributed by atoms with Crippen LogP contribution in [0, 0.1) is 0 Å². The molecule has 0 saturated carbocycles. The predicted molar refractivity (Wildman–Crippen MR) is 115 cm³/mol. The first-order chi connectivity index (χ1) is 13.9. The Kier molecular flexibility index (Phi) is 6.77. The van der Waals surface area contributed by atoms with Crippen LogP contribution in [0.3, 0.4) is 0 Å². The number of halogens is 1. The number of carbonyl (C=O) groups excluding carboxylic acids is 1. The smallest absolute Gasteiger partial charge is 0.237 e. The third kappa shape index (κ3) is 4.39. The Balaban J connectivity index is 1.94. The van der Waals surface area contributed by atoms with E-state index >= 15 is 0 Å². The van der Waals surface area contributed by atoms with Crippen LogP contribution in [0.5, 0.6) is 5.75 Å². The fourth-order valence-electron chi connectivity index (χ4n) is 3.89. The summed E-state index contributed by atoms with van der Waals surface area (Å²) in [6, 6.07) is 9.80. The average Bonchev–Trinajstić information content (AvgIpc) is 2.68. The van der Waals surface area contributed by atoms with Crippen LogP contribution in [-0.4, -0.2) is 56.3 Å². The lowest BCUT2D eigenvalue weighted by Crippen LogP contribution is -2.65. The number of hydrogen-bond donors (Lipinski definition) is 1. The van der Waals surface area contributed by atoms with E-state index in [2.05, 4.69) is 41.2 Å². The first kappa shape index (κ1) is 21.6. The molecular formula is C22H28ClN3O3. The van der Waals surface area contributed by atoms with Crippen LogP contribution < -0.4 is 10.1 Å². The number of pyridine rings is 1. The van der Waals surface area contributed by atoms with E-state index in [0.717, 1.165) is 12.1 Å². The first-order valence-corrected chi connectivity index (χ1v) is 10.1. The van der Waals surface area contributed by atoms with Crippen LogP contribution in [0.15, 0.2) is 36.5 Å². The minimum absolute atomic E-state index is 0.0679. The Morgan fingerprint density at radius 3 is 2.69 bits per heavy atom. The van der Waals surface area contributed by atoms with E-state index in [4.69, 9.17) is 21.1 Å². The molecule has 1 aliphatic heterocycles. The molecule has 1 fully saturated rings. The molecule has 0 aliphatic carbocycles. The van der Waals surface area contributed by atoms with Gasteiger partial charge in [0, 0.05) is 32.8 Å². The summed E-state index contributed by atoms with van der Waals surface area (Å²) >= 11 is 5.96. The second-order valence-corrected chi connectivity index (χ2v) is 8.08. The van der Waals surface area contributed by atoms with Gasteiger partial charge in [-0.3, -0.25) is 9.69 Å². The summed E-state index contributed by atoms with van der Waals surface area (Å²) in [4.78, 5) is 19.9. The number of benzene rings is 1. The number of carbonyl (C=O) groups is 1. The van der Waals surface area contributed by atoms with Gasteiger partial charge in [0.05, 0.1) is 25.3 Å². The molecule has 6 nitrogen and oxygen atoms in total. The highest BCUT2D eigenvalue weighted by Crippen LogP contribution is 2.40.